The van der Waals surface area contributed by atoms with Crippen LogP contribution in [0.3, 0.4) is 0 Å². The maximum Gasteiger partial charge on any atom is 0.332 e. The molecular weight excluding hydrogens is 386 g/mol. The number of aryl methyl sites for hydroxylation is 2. The lowest BCUT2D eigenvalue weighted by Gasteiger charge is -2.22. The Hall–Kier alpha value is -3.07. The molecule has 0 fully saturated rings. The molecule has 0 unspecified atom stereocenters. The Morgan fingerprint density at radius 3 is 2.33 bits per heavy atom. The molecule has 3 aromatic rings. The summed E-state index contributed by atoms with van der Waals surface area (Å²) in [6.45, 7) is 7.48. The van der Waals surface area contributed by atoms with Gasteiger partial charge in [0, 0.05) is 27.2 Å². The van der Waals surface area contributed by atoms with Crippen molar-refractivity contribution in [3.63, 3.8) is 0 Å². The van der Waals surface area contributed by atoms with E-state index in [0.29, 0.717) is 30.4 Å². The lowest BCUT2D eigenvalue weighted by atomic mass is 10.2. The van der Waals surface area contributed by atoms with Crippen LogP contribution in [0.1, 0.15) is 19.4 Å². The standard InChI is InChI=1S/C21H29N5O4/c1-6-25(7-2)20-22-18-17(19(28)24(5)21(29)23(18)4)26(20)12-15(27)13-30-16-10-8-14(3)9-11-16/h8-11,15,27H,6-7,12-13H2,1-5H3/t15-/m1/s1. The Morgan fingerprint density at radius 2 is 1.73 bits per heavy atom. The number of rotatable bonds is 8. The van der Waals surface area contributed by atoms with Crippen LogP contribution in [0.25, 0.3) is 11.2 Å². The van der Waals surface area contributed by atoms with Crippen molar-refractivity contribution in [1.29, 1.82) is 0 Å². The average molecular weight is 415 g/mol. The molecule has 0 saturated carbocycles. The fourth-order valence-corrected chi connectivity index (χ4v) is 3.45. The molecule has 2 heterocycles. The molecule has 1 aromatic carbocycles. The molecule has 0 aliphatic carbocycles. The van der Waals surface area contributed by atoms with Crippen LogP contribution >= 0.6 is 0 Å². The van der Waals surface area contributed by atoms with Crippen molar-refractivity contribution in [2.45, 2.75) is 33.4 Å². The largest absolute Gasteiger partial charge is 0.491 e. The van der Waals surface area contributed by atoms with Crippen LogP contribution in [0.2, 0.25) is 0 Å². The molecule has 0 aliphatic heterocycles. The Kier molecular flexibility index (Phi) is 6.31. The SMILES string of the molecule is CCN(CC)c1nc2c(c(=O)n(C)c(=O)n2C)n1C[C@@H](O)COc1ccc(C)cc1. The van der Waals surface area contributed by atoms with Crippen molar-refractivity contribution in [3.05, 3.63) is 50.7 Å². The second kappa shape index (κ2) is 8.74. The van der Waals surface area contributed by atoms with Gasteiger partial charge in [0.05, 0.1) is 6.54 Å². The number of hydrogen-bond acceptors (Lipinski definition) is 6. The van der Waals surface area contributed by atoms with Crippen LogP contribution in [-0.2, 0) is 20.6 Å². The van der Waals surface area contributed by atoms with Gasteiger partial charge in [-0.05, 0) is 32.9 Å². The number of imidazole rings is 1. The molecule has 1 atom stereocenters. The average Bonchev–Trinajstić information content (AvgIpc) is 3.10. The van der Waals surface area contributed by atoms with Crippen LogP contribution in [0.4, 0.5) is 5.95 Å². The van der Waals surface area contributed by atoms with Crippen LogP contribution in [0, 0.1) is 6.92 Å². The van der Waals surface area contributed by atoms with E-state index in [2.05, 4.69) is 4.98 Å². The number of anilines is 1. The number of fused-ring (bicyclic) bond motifs is 1. The van der Waals surface area contributed by atoms with Gasteiger partial charge in [0.1, 0.15) is 18.5 Å². The summed E-state index contributed by atoms with van der Waals surface area (Å²) in [4.78, 5) is 31.8. The molecule has 0 bridgehead atoms. The Balaban J connectivity index is 1.99. The van der Waals surface area contributed by atoms with Gasteiger partial charge in [0.2, 0.25) is 5.95 Å². The van der Waals surface area contributed by atoms with E-state index < -0.39 is 17.4 Å². The summed E-state index contributed by atoms with van der Waals surface area (Å²) in [5.41, 5.74) is 0.836. The molecule has 30 heavy (non-hydrogen) atoms. The topological polar surface area (TPSA) is 94.5 Å². The van der Waals surface area contributed by atoms with Gasteiger partial charge in [-0.2, -0.15) is 4.98 Å². The Bertz CT molecular complexity index is 1140. The van der Waals surface area contributed by atoms with Crippen molar-refractivity contribution in [1.82, 2.24) is 18.7 Å². The summed E-state index contributed by atoms with van der Waals surface area (Å²) < 4.78 is 9.80. The smallest absolute Gasteiger partial charge is 0.332 e. The minimum Gasteiger partial charge on any atom is -0.491 e. The normalized spacial score (nSPS) is 12.3. The molecule has 0 spiro atoms. The monoisotopic (exact) mass is 415 g/mol. The summed E-state index contributed by atoms with van der Waals surface area (Å²) in [7, 11) is 3.03. The van der Waals surface area contributed by atoms with Crippen LogP contribution in [-0.4, -0.2) is 49.6 Å². The molecule has 1 N–H and O–H groups in total. The first-order valence-electron chi connectivity index (χ1n) is 10.1. The third-order valence-corrected chi connectivity index (χ3v) is 5.23. The lowest BCUT2D eigenvalue weighted by molar-refractivity contribution is 0.0936. The van der Waals surface area contributed by atoms with Crippen molar-refractivity contribution in [3.8, 4) is 5.75 Å². The minimum atomic E-state index is -0.875. The molecule has 162 valence electrons. The minimum absolute atomic E-state index is 0.0620. The summed E-state index contributed by atoms with van der Waals surface area (Å²) in [6, 6.07) is 7.57. The van der Waals surface area contributed by atoms with Crippen molar-refractivity contribution >= 4 is 17.1 Å². The van der Waals surface area contributed by atoms with Gasteiger partial charge in [0.15, 0.2) is 11.2 Å². The molecule has 0 saturated heterocycles. The number of aliphatic hydroxyl groups excluding tert-OH is 1. The van der Waals surface area contributed by atoms with E-state index in [-0.39, 0.29) is 18.7 Å². The molecule has 9 heteroatoms. The fourth-order valence-electron chi connectivity index (χ4n) is 3.45. The first-order valence-corrected chi connectivity index (χ1v) is 10.1. The molecule has 0 amide bonds. The zero-order valence-electron chi connectivity index (χ0n) is 18.1. The second-order valence-electron chi connectivity index (χ2n) is 7.35. The van der Waals surface area contributed by atoms with E-state index in [4.69, 9.17) is 4.74 Å². The number of benzene rings is 1. The summed E-state index contributed by atoms with van der Waals surface area (Å²) in [6.07, 6.45) is -0.875. The Morgan fingerprint density at radius 1 is 1.10 bits per heavy atom. The predicted molar refractivity (Wildman–Crippen MR) is 116 cm³/mol. The maximum absolute atomic E-state index is 12.9. The van der Waals surface area contributed by atoms with E-state index in [0.717, 1.165) is 10.1 Å². The lowest BCUT2D eigenvalue weighted by Crippen LogP contribution is -2.38. The number of hydrogen-bond donors (Lipinski definition) is 1. The summed E-state index contributed by atoms with van der Waals surface area (Å²) in [5, 5.41) is 10.7. The summed E-state index contributed by atoms with van der Waals surface area (Å²) >= 11 is 0. The summed E-state index contributed by atoms with van der Waals surface area (Å²) in [5.74, 6) is 1.21. The van der Waals surface area contributed by atoms with Gasteiger partial charge < -0.3 is 19.3 Å². The van der Waals surface area contributed by atoms with E-state index in [1.54, 1.807) is 11.6 Å². The quantitative estimate of drug-likeness (QED) is 0.591. The molecular formula is C21H29N5O4. The van der Waals surface area contributed by atoms with Gasteiger partial charge in [-0.3, -0.25) is 13.9 Å². The van der Waals surface area contributed by atoms with Crippen molar-refractivity contribution in [2.75, 3.05) is 24.6 Å². The van der Waals surface area contributed by atoms with Gasteiger partial charge >= 0.3 is 5.69 Å². The van der Waals surface area contributed by atoms with E-state index in [1.807, 2.05) is 49.9 Å². The second-order valence-corrected chi connectivity index (χ2v) is 7.35. The highest BCUT2D eigenvalue weighted by molar-refractivity contribution is 5.74. The van der Waals surface area contributed by atoms with E-state index in [1.165, 1.54) is 11.6 Å². The molecule has 3 rings (SSSR count). The van der Waals surface area contributed by atoms with E-state index in [9.17, 15) is 14.7 Å². The molecule has 9 nitrogen and oxygen atoms in total. The maximum atomic E-state index is 12.9. The van der Waals surface area contributed by atoms with Crippen molar-refractivity contribution in [2.24, 2.45) is 14.1 Å². The number of aromatic nitrogens is 4. The van der Waals surface area contributed by atoms with Gasteiger partial charge in [-0.1, -0.05) is 17.7 Å². The van der Waals surface area contributed by atoms with Gasteiger partial charge in [0.25, 0.3) is 5.56 Å². The van der Waals surface area contributed by atoms with Crippen LogP contribution < -0.4 is 20.9 Å². The van der Waals surface area contributed by atoms with Crippen LogP contribution in [0.15, 0.2) is 33.9 Å². The highest BCUT2D eigenvalue weighted by Crippen LogP contribution is 2.20. The Labute approximate surface area is 174 Å². The number of ether oxygens (including phenoxy) is 1. The predicted octanol–water partition coefficient (Wildman–Crippen LogP) is 1.03. The third kappa shape index (κ3) is 3.97. The number of nitrogens with zero attached hydrogens (tertiary/aromatic N) is 5. The first kappa shape index (κ1) is 21.6. The molecule has 0 radical (unpaired) electrons. The van der Waals surface area contributed by atoms with Crippen LogP contribution in [0.5, 0.6) is 5.75 Å². The highest BCUT2D eigenvalue weighted by atomic mass is 16.5. The zero-order chi connectivity index (χ0) is 22.0. The number of aliphatic hydroxyl groups is 1. The molecule has 0 aliphatic rings. The first-order chi connectivity index (χ1) is 14.3. The third-order valence-electron chi connectivity index (χ3n) is 5.23. The zero-order valence-corrected chi connectivity index (χ0v) is 18.1. The van der Waals surface area contributed by atoms with E-state index >= 15 is 0 Å². The molecule has 2 aromatic heterocycles. The van der Waals surface area contributed by atoms with Gasteiger partial charge in [-0.15, -0.1) is 0 Å². The van der Waals surface area contributed by atoms with Crippen molar-refractivity contribution < 1.29 is 9.84 Å². The highest BCUT2D eigenvalue weighted by Gasteiger charge is 2.23. The fraction of sp³-hybridized carbons (Fsp3) is 0.476. The van der Waals surface area contributed by atoms with Gasteiger partial charge in [-0.25, -0.2) is 4.79 Å².